The first-order valence-corrected chi connectivity index (χ1v) is 6.59. The van der Waals surface area contributed by atoms with Gasteiger partial charge in [-0.05, 0) is 31.5 Å². The number of hydrogen-bond donors (Lipinski definition) is 1. The average molecular weight is 268 g/mol. The molecule has 0 aliphatic carbocycles. The zero-order valence-corrected chi connectivity index (χ0v) is 11.6. The molecule has 1 heterocycles. The van der Waals surface area contributed by atoms with E-state index in [2.05, 4.69) is 18.7 Å². The van der Waals surface area contributed by atoms with Crippen molar-refractivity contribution in [2.24, 2.45) is 5.92 Å². The van der Waals surface area contributed by atoms with Gasteiger partial charge in [0.25, 0.3) is 0 Å². The molecule has 2 unspecified atom stereocenters. The summed E-state index contributed by atoms with van der Waals surface area (Å²) in [6, 6.07) is 6.12. The lowest BCUT2D eigenvalue weighted by atomic mass is 9.89. The molecular weight excluding hydrogens is 250 g/mol. The third kappa shape index (κ3) is 2.07. The first-order chi connectivity index (χ1) is 8.43. The Morgan fingerprint density at radius 3 is 2.67 bits per heavy atom. The molecule has 0 radical (unpaired) electrons. The molecule has 18 heavy (non-hydrogen) atoms. The summed E-state index contributed by atoms with van der Waals surface area (Å²) in [7, 11) is 0. The Balaban J connectivity index is 2.47. The van der Waals surface area contributed by atoms with Crippen molar-refractivity contribution in [3.05, 3.63) is 28.8 Å². The van der Waals surface area contributed by atoms with Crippen LogP contribution in [0, 0.1) is 5.92 Å². The molecule has 1 aromatic carbocycles. The molecule has 1 aromatic rings. The Bertz CT molecular complexity index is 473. The van der Waals surface area contributed by atoms with E-state index in [9.17, 15) is 9.90 Å². The van der Waals surface area contributed by atoms with Crippen molar-refractivity contribution >= 4 is 23.3 Å². The van der Waals surface area contributed by atoms with Crippen LogP contribution in [0.2, 0.25) is 5.02 Å². The van der Waals surface area contributed by atoms with Crippen LogP contribution in [0.15, 0.2) is 18.2 Å². The van der Waals surface area contributed by atoms with E-state index in [1.807, 2.05) is 18.2 Å². The van der Waals surface area contributed by atoms with Crippen molar-refractivity contribution in [1.29, 1.82) is 0 Å². The quantitative estimate of drug-likeness (QED) is 0.913. The normalized spacial score (nSPS) is 20.1. The minimum Gasteiger partial charge on any atom is -0.481 e. The second kappa shape index (κ2) is 4.81. The molecule has 0 bridgehead atoms. The lowest BCUT2D eigenvalue weighted by molar-refractivity contribution is -0.141. The molecule has 3 nitrogen and oxygen atoms in total. The van der Waals surface area contributed by atoms with Gasteiger partial charge in [-0.3, -0.25) is 4.79 Å². The van der Waals surface area contributed by atoms with Gasteiger partial charge < -0.3 is 10.0 Å². The fraction of sp³-hybridized carbons (Fsp3) is 0.500. The number of hydrogen-bond acceptors (Lipinski definition) is 2. The average Bonchev–Trinajstić information content (AvgIpc) is 2.68. The van der Waals surface area contributed by atoms with Crippen molar-refractivity contribution in [1.82, 2.24) is 0 Å². The highest BCUT2D eigenvalue weighted by Crippen LogP contribution is 2.44. The predicted molar refractivity (Wildman–Crippen MR) is 73.5 cm³/mol. The Hall–Kier alpha value is -1.22. The number of aliphatic carboxylic acids is 1. The van der Waals surface area contributed by atoms with E-state index in [4.69, 9.17) is 11.6 Å². The Morgan fingerprint density at radius 2 is 2.11 bits per heavy atom. The van der Waals surface area contributed by atoms with Crippen LogP contribution in [0.5, 0.6) is 0 Å². The molecule has 0 saturated heterocycles. The molecule has 0 aromatic heterocycles. The number of carbonyl (C=O) groups is 1. The zero-order chi connectivity index (χ0) is 13.4. The summed E-state index contributed by atoms with van der Waals surface area (Å²) >= 11 is 6.26. The number of rotatable bonds is 3. The maximum Gasteiger partial charge on any atom is 0.306 e. The zero-order valence-electron chi connectivity index (χ0n) is 10.9. The van der Waals surface area contributed by atoms with Gasteiger partial charge in [-0.15, -0.1) is 0 Å². The van der Waals surface area contributed by atoms with Crippen LogP contribution in [0.4, 0.5) is 5.69 Å². The number of fused-ring (bicyclic) bond motifs is 1. The molecule has 2 atom stereocenters. The summed E-state index contributed by atoms with van der Waals surface area (Å²) < 4.78 is 0. The van der Waals surface area contributed by atoms with E-state index < -0.39 is 11.9 Å². The number of nitrogens with zero attached hydrogens (tertiary/aromatic N) is 1. The van der Waals surface area contributed by atoms with Crippen molar-refractivity contribution < 1.29 is 9.90 Å². The van der Waals surface area contributed by atoms with Crippen molar-refractivity contribution in [3.8, 4) is 0 Å². The van der Waals surface area contributed by atoms with E-state index in [1.54, 1.807) is 6.92 Å². The second-order valence-corrected chi connectivity index (χ2v) is 5.56. The summed E-state index contributed by atoms with van der Waals surface area (Å²) in [5.74, 6) is -1.22. The summed E-state index contributed by atoms with van der Waals surface area (Å²) in [6.07, 6.45) is 0. The van der Waals surface area contributed by atoms with Crippen LogP contribution >= 0.6 is 11.6 Å². The maximum absolute atomic E-state index is 11.2. The van der Waals surface area contributed by atoms with Gasteiger partial charge in [-0.25, -0.2) is 0 Å². The summed E-state index contributed by atoms with van der Waals surface area (Å²) in [5.41, 5.74) is 2.07. The predicted octanol–water partition coefficient (Wildman–Crippen LogP) is 3.37. The van der Waals surface area contributed by atoms with E-state index in [1.165, 1.54) is 0 Å². The minimum atomic E-state index is -0.767. The highest BCUT2D eigenvalue weighted by molar-refractivity contribution is 6.32. The fourth-order valence-electron chi connectivity index (χ4n) is 2.61. The van der Waals surface area contributed by atoms with E-state index >= 15 is 0 Å². The Morgan fingerprint density at radius 1 is 1.44 bits per heavy atom. The highest BCUT2D eigenvalue weighted by atomic mass is 35.5. The molecule has 1 aliphatic heterocycles. The minimum absolute atomic E-state index is 0.0337. The maximum atomic E-state index is 11.2. The lowest BCUT2D eigenvalue weighted by Crippen LogP contribution is -2.31. The van der Waals surface area contributed by atoms with Crippen LogP contribution < -0.4 is 4.90 Å². The monoisotopic (exact) mass is 267 g/mol. The topological polar surface area (TPSA) is 40.5 Å². The van der Waals surface area contributed by atoms with E-state index in [0.29, 0.717) is 11.1 Å². The molecule has 2 rings (SSSR count). The van der Waals surface area contributed by atoms with Gasteiger partial charge in [0, 0.05) is 29.2 Å². The molecular formula is C14H18ClNO2. The van der Waals surface area contributed by atoms with Crippen LogP contribution in [-0.2, 0) is 4.79 Å². The van der Waals surface area contributed by atoms with Gasteiger partial charge in [0.05, 0.1) is 5.92 Å². The third-order valence-corrected chi connectivity index (χ3v) is 4.05. The van der Waals surface area contributed by atoms with Crippen LogP contribution in [0.1, 0.15) is 32.3 Å². The van der Waals surface area contributed by atoms with Gasteiger partial charge in [0.15, 0.2) is 0 Å². The fourth-order valence-corrected chi connectivity index (χ4v) is 2.92. The molecule has 0 fully saturated rings. The van der Waals surface area contributed by atoms with Crippen molar-refractivity contribution in [2.45, 2.75) is 32.7 Å². The Labute approximate surface area is 112 Å². The number of carboxylic acids is 1. The Kier molecular flexibility index (Phi) is 3.53. The van der Waals surface area contributed by atoms with Crippen LogP contribution in [-0.4, -0.2) is 23.7 Å². The molecule has 1 N–H and O–H groups in total. The van der Waals surface area contributed by atoms with Gasteiger partial charge >= 0.3 is 5.97 Å². The number of carboxylic acid groups (broad SMARTS) is 1. The lowest BCUT2D eigenvalue weighted by Gasteiger charge is -2.25. The molecule has 1 aliphatic rings. The SMILES string of the molecule is CC(C(=O)O)C1CN(C(C)C)c2cccc(Cl)c21. The smallest absolute Gasteiger partial charge is 0.306 e. The standard InChI is InChI=1S/C14H18ClNO2/c1-8(2)16-7-10(9(3)14(17)18)13-11(15)5-4-6-12(13)16/h4-6,8-10H,7H2,1-3H3,(H,17,18). The summed E-state index contributed by atoms with van der Waals surface area (Å²) in [6.45, 7) is 6.70. The highest BCUT2D eigenvalue weighted by Gasteiger charge is 2.37. The molecule has 0 spiro atoms. The van der Waals surface area contributed by atoms with Gasteiger partial charge in [-0.1, -0.05) is 24.6 Å². The largest absolute Gasteiger partial charge is 0.481 e. The molecule has 98 valence electrons. The van der Waals surface area contributed by atoms with Crippen LogP contribution in [0.25, 0.3) is 0 Å². The van der Waals surface area contributed by atoms with Gasteiger partial charge in [0.1, 0.15) is 0 Å². The summed E-state index contributed by atoms with van der Waals surface area (Å²) in [4.78, 5) is 13.4. The first kappa shape index (κ1) is 13.2. The van der Waals surface area contributed by atoms with Gasteiger partial charge in [-0.2, -0.15) is 0 Å². The second-order valence-electron chi connectivity index (χ2n) is 5.15. The van der Waals surface area contributed by atoms with Crippen molar-refractivity contribution in [3.63, 3.8) is 0 Å². The first-order valence-electron chi connectivity index (χ1n) is 6.21. The number of benzene rings is 1. The molecule has 0 saturated carbocycles. The summed E-state index contributed by atoms with van der Waals surface area (Å²) in [5, 5.41) is 9.90. The van der Waals surface area contributed by atoms with Gasteiger partial charge in [0.2, 0.25) is 0 Å². The number of halogens is 1. The van der Waals surface area contributed by atoms with Crippen LogP contribution in [0.3, 0.4) is 0 Å². The molecule has 0 amide bonds. The van der Waals surface area contributed by atoms with E-state index in [-0.39, 0.29) is 5.92 Å². The number of anilines is 1. The van der Waals surface area contributed by atoms with Crippen molar-refractivity contribution in [2.75, 3.05) is 11.4 Å². The molecule has 4 heteroatoms. The third-order valence-electron chi connectivity index (χ3n) is 3.72. The van der Waals surface area contributed by atoms with E-state index in [0.717, 1.165) is 17.8 Å².